The van der Waals surface area contributed by atoms with E-state index in [0.717, 1.165) is 57.8 Å². The Hall–Kier alpha value is -2.19. The molecule has 6 N–H and O–H groups in total. The number of hydrogen-bond donors (Lipinski definition) is 6. The minimum atomic E-state index is -5.12. The minimum absolute atomic E-state index is 0.0439. The number of esters is 2. The molecule has 8 atom stereocenters. The first-order valence-electron chi connectivity index (χ1n) is 19.4. The summed E-state index contributed by atoms with van der Waals surface area (Å²) in [6.07, 6.45) is 19.2. The highest BCUT2D eigenvalue weighted by molar-refractivity contribution is 7.47. The van der Waals surface area contributed by atoms with Crippen molar-refractivity contribution in [2.24, 2.45) is 0 Å². The Morgan fingerprint density at radius 2 is 1.08 bits per heavy atom. The molecule has 0 aromatic carbocycles. The van der Waals surface area contributed by atoms with Crippen molar-refractivity contribution < 1.29 is 63.1 Å². The Morgan fingerprint density at radius 3 is 1.64 bits per heavy atom. The average molecular weight is 775 g/mol. The SMILES string of the molecule is CC/C=C/C/C=C/C/C=C/C/C=C/CCCCC(=O)O[C@H](COC(=O)CCCCCCCCCCC)COP(=O)(O)OC1C(O)C(O)C(O)[C@H](O)C1O. The molecule has 0 radical (unpaired) electrons. The monoisotopic (exact) mass is 774 g/mol. The molecule has 0 saturated heterocycles. The van der Waals surface area contributed by atoms with Crippen LogP contribution in [-0.4, -0.2) is 98.3 Å². The number of unbranched alkanes of at least 4 members (excludes halogenated alkanes) is 10. The topological polar surface area (TPSA) is 210 Å². The maximum Gasteiger partial charge on any atom is 0.472 e. The van der Waals surface area contributed by atoms with Gasteiger partial charge in [0.2, 0.25) is 0 Å². The molecule has 53 heavy (non-hydrogen) atoms. The van der Waals surface area contributed by atoms with Crippen LogP contribution in [0.25, 0.3) is 0 Å². The number of phosphoric acid groups is 1. The Morgan fingerprint density at radius 1 is 0.604 bits per heavy atom. The summed E-state index contributed by atoms with van der Waals surface area (Å²) in [7, 11) is -5.12. The van der Waals surface area contributed by atoms with Gasteiger partial charge in [-0.3, -0.25) is 18.6 Å². The number of aliphatic hydroxyl groups excluding tert-OH is 5. The third kappa shape index (κ3) is 23.4. The van der Waals surface area contributed by atoms with E-state index in [2.05, 4.69) is 56.4 Å². The molecule has 0 aromatic heterocycles. The first-order valence-corrected chi connectivity index (χ1v) is 20.9. The molecule has 1 aliphatic rings. The maximum atomic E-state index is 12.7. The number of ether oxygens (including phenoxy) is 2. The van der Waals surface area contributed by atoms with Crippen LogP contribution in [-0.2, 0) is 32.7 Å². The highest BCUT2D eigenvalue weighted by Crippen LogP contribution is 2.47. The number of allylic oxidation sites excluding steroid dienone is 8. The van der Waals surface area contributed by atoms with Crippen LogP contribution < -0.4 is 0 Å². The van der Waals surface area contributed by atoms with Crippen LogP contribution in [0.4, 0.5) is 0 Å². The quantitative estimate of drug-likeness (QED) is 0.0213. The average Bonchev–Trinajstić information content (AvgIpc) is 3.13. The van der Waals surface area contributed by atoms with E-state index in [-0.39, 0.29) is 12.8 Å². The van der Waals surface area contributed by atoms with Gasteiger partial charge in [0.25, 0.3) is 0 Å². The normalized spacial score (nSPS) is 24.0. The zero-order valence-corrected chi connectivity index (χ0v) is 32.7. The van der Waals surface area contributed by atoms with Gasteiger partial charge in [0.15, 0.2) is 6.10 Å². The van der Waals surface area contributed by atoms with Gasteiger partial charge in [-0.2, -0.15) is 0 Å². The Labute approximate surface area is 316 Å². The summed E-state index contributed by atoms with van der Waals surface area (Å²) in [6, 6.07) is 0. The van der Waals surface area contributed by atoms with Crippen LogP contribution in [0.2, 0.25) is 0 Å². The van der Waals surface area contributed by atoms with Crippen molar-refractivity contribution in [3.8, 4) is 0 Å². The number of carbonyl (C=O) groups excluding carboxylic acids is 2. The zero-order valence-electron chi connectivity index (χ0n) is 31.8. The van der Waals surface area contributed by atoms with Crippen molar-refractivity contribution in [1.82, 2.24) is 0 Å². The lowest BCUT2D eigenvalue weighted by atomic mass is 9.85. The second-order valence-corrected chi connectivity index (χ2v) is 14.8. The van der Waals surface area contributed by atoms with Gasteiger partial charge in [-0.25, -0.2) is 4.57 Å². The Bertz CT molecular complexity index is 1120. The fourth-order valence-corrected chi connectivity index (χ4v) is 6.48. The van der Waals surface area contributed by atoms with E-state index in [9.17, 15) is 44.6 Å². The molecule has 306 valence electrons. The van der Waals surface area contributed by atoms with Crippen molar-refractivity contribution in [3.63, 3.8) is 0 Å². The van der Waals surface area contributed by atoms with Gasteiger partial charge in [0.1, 0.15) is 43.2 Å². The van der Waals surface area contributed by atoms with Gasteiger partial charge in [0.05, 0.1) is 6.61 Å². The Kier molecular flexibility index (Phi) is 27.7. The fraction of sp³-hybridized carbons (Fsp3) is 0.744. The van der Waals surface area contributed by atoms with Gasteiger partial charge in [-0.1, -0.05) is 114 Å². The number of carbonyl (C=O) groups is 2. The first kappa shape index (κ1) is 48.8. The third-order valence-corrected chi connectivity index (χ3v) is 9.67. The summed E-state index contributed by atoms with van der Waals surface area (Å²) in [4.78, 5) is 35.4. The minimum Gasteiger partial charge on any atom is -0.462 e. The van der Waals surface area contributed by atoms with E-state index >= 15 is 0 Å². The number of rotatable bonds is 30. The van der Waals surface area contributed by atoms with Crippen LogP contribution in [0.3, 0.4) is 0 Å². The second kappa shape index (κ2) is 30.1. The summed E-state index contributed by atoms with van der Waals surface area (Å²) in [6.45, 7) is 3.08. The van der Waals surface area contributed by atoms with Crippen LogP contribution in [0.5, 0.6) is 0 Å². The third-order valence-electron chi connectivity index (χ3n) is 8.68. The van der Waals surface area contributed by atoms with Crippen LogP contribution >= 0.6 is 7.82 Å². The summed E-state index contributed by atoms with van der Waals surface area (Å²) < 4.78 is 33.2. The number of phosphoric ester groups is 1. The second-order valence-electron chi connectivity index (χ2n) is 13.4. The highest BCUT2D eigenvalue weighted by Gasteiger charge is 2.51. The predicted octanol–water partition coefficient (Wildman–Crippen LogP) is 6.05. The molecule has 13 nitrogen and oxygen atoms in total. The van der Waals surface area contributed by atoms with E-state index in [4.69, 9.17) is 18.5 Å². The van der Waals surface area contributed by atoms with Crippen molar-refractivity contribution >= 4 is 19.8 Å². The van der Waals surface area contributed by atoms with Crippen LogP contribution in [0.1, 0.15) is 129 Å². The van der Waals surface area contributed by atoms with Gasteiger partial charge >= 0.3 is 19.8 Å². The standard InChI is InChI=1S/C39H67O13P/c1-3-5-7-9-11-13-14-15-16-17-18-20-22-24-26-28-33(41)51-31(29-49-32(40)27-25-23-21-19-12-10-8-6-4-2)30-50-53(47,48)52-39-37(45)35(43)34(42)36(44)38(39)46/h5,7,11,13,15-16,18,20,31,34-39,42-46H,3-4,6,8-10,12,14,17,19,21-30H2,1-2H3,(H,47,48)/b7-5+,13-11+,16-15+,20-18+/t31-,34?,35+,36?,37?,38?,39?/m1/s1. The lowest BCUT2D eigenvalue weighted by Crippen LogP contribution is -2.64. The summed E-state index contributed by atoms with van der Waals surface area (Å²) >= 11 is 0. The molecular weight excluding hydrogens is 707 g/mol. The molecule has 0 bridgehead atoms. The van der Waals surface area contributed by atoms with E-state index in [1.165, 1.54) is 32.1 Å². The molecule has 0 amide bonds. The predicted molar refractivity (Wildman–Crippen MR) is 203 cm³/mol. The van der Waals surface area contributed by atoms with E-state index in [1.54, 1.807) is 0 Å². The maximum absolute atomic E-state index is 12.7. The number of aliphatic hydroxyl groups is 5. The Balaban J connectivity index is 2.58. The van der Waals surface area contributed by atoms with Crippen molar-refractivity contribution in [3.05, 3.63) is 48.6 Å². The fourth-order valence-electron chi connectivity index (χ4n) is 5.51. The molecular formula is C39H67O13P. The van der Waals surface area contributed by atoms with Crippen molar-refractivity contribution in [2.45, 2.75) is 172 Å². The molecule has 1 rings (SSSR count). The van der Waals surface area contributed by atoms with Gasteiger partial charge < -0.3 is 39.9 Å². The molecule has 1 aliphatic carbocycles. The molecule has 6 unspecified atom stereocenters. The number of hydrogen-bond acceptors (Lipinski definition) is 12. The van der Waals surface area contributed by atoms with Gasteiger partial charge in [0, 0.05) is 12.8 Å². The van der Waals surface area contributed by atoms with Crippen LogP contribution in [0.15, 0.2) is 48.6 Å². The molecule has 0 aliphatic heterocycles. The molecule has 0 heterocycles. The van der Waals surface area contributed by atoms with E-state index in [1.807, 2.05) is 6.08 Å². The van der Waals surface area contributed by atoms with E-state index in [0.29, 0.717) is 12.8 Å². The molecule has 0 aromatic rings. The van der Waals surface area contributed by atoms with Gasteiger partial charge in [-0.15, -0.1) is 0 Å². The molecule has 14 heteroatoms. The summed E-state index contributed by atoms with van der Waals surface area (Å²) in [5, 5.41) is 49.9. The smallest absolute Gasteiger partial charge is 0.462 e. The molecule has 1 fully saturated rings. The van der Waals surface area contributed by atoms with Crippen molar-refractivity contribution in [2.75, 3.05) is 13.2 Å². The van der Waals surface area contributed by atoms with Crippen molar-refractivity contribution in [1.29, 1.82) is 0 Å². The largest absolute Gasteiger partial charge is 0.472 e. The van der Waals surface area contributed by atoms with Crippen LogP contribution in [0, 0.1) is 0 Å². The highest BCUT2D eigenvalue weighted by atomic mass is 31.2. The first-order chi connectivity index (χ1) is 25.4. The summed E-state index contributed by atoms with van der Waals surface area (Å²) in [5.74, 6) is -1.16. The molecule has 1 saturated carbocycles. The molecule has 0 spiro atoms. The van der Waals surface area contributed by atoms with E-state index < -0.39 is 75.7 Å². The lowest BCUT2D eigenvalue weighted by Gasteiger charge is -2.41. The van der Waals surface area contributed by atoms with Gasteiger partial charge in [-0.05, 0) is 51.4 Å². The zero-order chi connectivity index (χ0) is 39.3. The lowest BCUT2D eigenvalue weighted by molar-refractivity contribution is -0.220. The summed E-state index contributed by atoms with van der Waals surface area (Å²) in [5.41, 5.74) is 0.